The van der Waals surface area contributed by atoms with Gasteiger partial charge in [0.05, 0.1) is 35.4 Å². The molecule has 0 spiro atoms. The highest BCUT2D eigenvalue weighted by atomic mass is 79.9. The zero-order chi connectivity index (χ0) is 11.7. The van der Waals surface area contributed by atoms with Crippen LogP contribution >= 0.6 is 31.9 Å². The van der Waals surface area contributed by atoms with Gasteiger partial charge >= 0.3 is 0 Å². The van der Waals surface area contributed by atoms with Gasteiger partial charge in [0.1, 0.15) is 4.47 Å². The molecule has 0 fully saturated rings. The van der Waals surface area contributed by atoms with Crippen LogP contribution in [0.25, 0.3) is 0 Å². The van der Waals surface area contributed by atoms with Gasteiger partial charge in [-0.1, -0.05) is 0 Å². The number of hydrogen-bond acceptors (Lipinski definition) is 3. The van der Waals surface area contributed by atoms with Crippen LogP contribution in [0.4, 0.5) is 0 Å². The van der Waals surface area contributed by atoms with Gasteiger partial charge in [0.15, 0.2) is 0 Å². The van der Waals surface area contributed by atoms with E-state index in [1.54, 1.807) is 18.7 Å². The van der Waals surface area contributed by atoms with Crippen LogP contribution in [0.3, 0.4) is 0 Å². The fourth-order valence-electron chi connectivity index (χ4n) is 1.25. The maximum atomic E-state index is 11.8. The number of imidazole rings is 1. The summed E-state index contributed by atoms with van der Waals surface area (Å²) in [7, 11) is 1.88. The van der Waals surface area contributed by atoms with Crippen LogP contribution in [-0.2, 0) is 13.6 Å². The maximum absolute atomic E-state index is 11.8. The summed E-state index contributed by atoms with van der Waals surface area (Å²) >= 11 is 6.44. The minimum atomic E-state index is -0.171. The Labute approximate surface area is 108 Å². The van der Waals surface area contributed by atoms with Crippen molar-refractivity contribution in [2.24, 2.45) is 7.05 Å². The quantitative estimate of drug-likeness (QED) is 0.828. The second kappa shape index (κ2) is 4.50. The second-order valence-corrected chi connectivity index (χ2v) is 4.91. The third-order valence-electron chi connectivity index (χ3n) is 2.17. The van der Waals surface area contributed by atoms with Gasteiger partial charge in [0.25, 0.3) is 5.56 Å². The number of halogens is 2. The average molecular weight is 348 g/mol. The molecule has 0 amide bonds. The lowest BCUT2D eigenvalue weighted by atomic mass is 10.4. The molecule has 2 heterocycles. The fourth-order valence-corrected chi connectivity index (χ4v) is 1.82. The molecule has 0 saturated carbocycles. The van der Waals surface area contributed by atoms with E-state index >= 15 is 0 Å². The molecule has 7 heteroatoms. The summed E-state index contributed by atoms with van der Waals surface area (Å²) in [5.41, 5.74) is 0.749. The molecule has 2 aromatic heterocycles. The van der Waals surface area contributed by atoms with Crippen LogP contribution in [0.2, 0.25) is 0 Å². The topological polar surface area (TPSA) is 52.7 Å². The summed E-state index contributed by atoms with van der Waals surface area (Å²) < 4.78 is 4.36. The summed E-state index contributed by atoms with van der Waals surface area (Å²) in [6.07, 6.45) is 4.99. The van der Waals surface area contributed by atoms with Gasteiger partial charge < -0.3 is 4.57 Å². The van der Waals surface area contributed by atoms with Crippen LogP contribution in [-0.4, -0.2) is 19.3 Å². The molecule has 0 aliphatic carbocycles. The van der Waals surface area contributed by atoms with E-state index in [0.29, 0.717) is 15.5 Å². The lowest BCUT2D eigenvalue weighted by Gasteiger charge is -2.05. The van der Waals surface area contributed by atoms with Crippen molar-refractivity contribution < 1.29 is 0 Å². The van der Waals surface area contributed by atoms with Crippen LogP contribution in [0.15, 0.2) is 32.5 Å². The normalized spacial score (nSPS) is 10.7. The molecule has 84 valence electrons. The SMILES string of the molecule is Cn1cncc1Cn1ncc(Br)c(Br)c1=O. The van der Waals surface area contributed by atoms with Gasteiger partial charge in [0, 0.05) is 7.05 Å². The summed E-state index contributed by atoms with van der Waals surface area (Å²) in [6.45, 7) is 0.404. The number of aryl methyl sites for hydroxylation is 1. The molecule has 0 aromatic carbocycles. The van der Waals surface area contributed by atoms with E-state index in [9.17, 15) is 4.79 Å². The highest BCUT2D eigenvalue weighted by Gasteiger charge is 2.08. The zero-order valence-corrected chi connectivity index (χ0v) is 11.6. The van der Waals surface area contributed by atoms with Crippen molar-refractivity contribution in [3.63, 3.8) is 0 Å². The summed E-state index contributed by atoms with van der Waals surface area (Å²) in [4.78, 5) is 15.8. The molecule has 2 aromatic rings. The maximum Gasteiger partial charge on any atom is 0.282 e. The Morgan fingerprint density at radius 2 is 2.12 bits per heavy atom. The molecule has 0 saturated heterocycles. The first kappa shape index (κ1) is 11.5. The summed E-state index contributed by atoms with van der Waals surface area (Å²) in [5.74, 6) is 0. The third kappa shape index (κ3) is 2.10. The standard InChI is InChI=1S/C9H8Br2N4O/c1-14-5-12-2-6(14)4-15-9(16)8(11)7(10)3-13-15/h2-3,5H,4H2,1H3. The molecule has 0 N–H and O–H groups in total. The average Bonchev–Trinajstić information content (AvgIpc) is 2.65. The van der Waals surface area contributed by atoms with Crippen molar-refractivity contribution in [3.8, 4) is 0 Å². The lowest BCUT2D eigenvalue weighted by Crippen LogP contribution is -2.24. The molecule has 0 radical (unpaired) electrons. The summed E-state index contributed by atoms with van der Waals surface area (Å²) in [5, 5.41) is 4.04. The smallest absolute Gasteiger partial charge is 0.282 e. The first-order chi connectivity index (χ1) is 7.59. The molecule has 5 nitrogen and oxygen atoms in total. The van der Waals surface area contributed by atoms with Gasteiger partial charge in [0.2, 0.25) is 0 Å². The molecule has 0 atom stereocenters. The zero-order valence-electron chi connectivity index (χ0n) is 8.39. The number of rotatable bonds is 2. The molecule has 0 unspecified atom stereocenters. The molecule has 2 rings (SSSR count). The van der Waals surface area contributed by atoms with E-state index in [0.717, 1.165) is 5.69 Å². The Morgan fingerprint density at radius 1 is 1.38 bits per heavy atom. The largest absolute Gasteiger partial charge is 0.336 e. The van der Waals surface area contributed by atoms with E-state index in [2.05, 4.69) is 41.9 Å². The van der Waals surface area contributed by atoms with Gasteiger partial charge in [-0.2, -0.15) is 5.10 Å². The Bertz CT molecular complexity index is 575. The molecule has 16 heavy (non-hydrogen) atoms. The third-order valence-corrected chi connectivity index (χ3v) is 4.07. The minimum Gasteiger partial charge on any atom is -0.336 e. The number of nitrogens with zero attached hydrogens (tertiary/aromatic N) is 4. The van der Waals surface area contributed by atoms with Crippen molar-refractivity contribution in [2.45, 2.75) is 6.54 Å². The van der Waals surface area contributed by atoms with E-state index in [-0.39, 0.29) is 5.56 Å². The van der Waals surface area contributed by atoms with Crippen molar-refractivity contribution in [1.29, 1.82) is 0 Å². The number of aromatic nitrogens is 4. The predicted octanol–water partition coefficient (Wildman–Crippen LogP) is 1.55. The van der Waals surface area contributed by atoms with Gasteiger partial charge in [-0.3, -0.25) is 4.79 Å². The van der Waals surface area contributed by atoms with Crippen LogP contribution in [0.1, 0.15) is 5.69 Å². The molecule has 0 aliphatic heterocycles. The van der Waals surface area contributed by atoms with Gasteiger partial charge in [-0.05, 0) is 31.9 Å². The predicted molar refractivity (Wildman–Crippen MR) is 66.2 cm³/mol. The first-order valence-corrected chi connectivity index (χ1v) is 6.04. The van der Waals surface area contributed by atoms with Gasteiger partial charge in [-0.25, -0.2) is 9.67 Å². The lowest BCUT2D eigenvalue weighted by molar-refractivity contribution is 0.605. The van der Waals surface area contributed by atoms with Crippen LogP contribution in [0.5, 0.6) is 0 Å². The molecule has 0 bridgehead atoms. The highest BCUT2D eigenvalue weighted by Crippen LogP contribution is 2.16. The van der Waals surface area contributed by atoms with Crippen LogP contribution in [0, 0.1) is 0 Å². The van der Waals surface area contributed by atoms with Crippen LogP contribution < -0.4 is 5.56 Å². The van der Waals surface area contributed by atoms with Gasteiger partial charge in [-0.15, -0.1) is 0 Å². The summed E-state index contributed by atoms with van der Waals surface area (Å²) in [6, 6.07) is 0. The molecule has 0 aliphatic rings. The van der Waals surface area contributed by atoms with Crippen molar-refractivity contribution in [2.75, 3.05) is 0 Å². The second-order valence-electron chi connectivity index (χ2n) is 3.27. The van der Waals surface area contributed by atoms with E-state index in [1.807, 2.05) is 11.6 Å². The monoisotopic (exact) mass is 346 g/mol. The Kier molecular flexibility index (Phi) is 3.25. The Hall–Kier alpha value is -0.950. The Balaban J connectivity index is 2.40. The first-order valence-electron chi connectivity index (χ1n) is 4.46. The molecular formula is C9H8Br2N4O. The van der Waals surface area contributed by atoms with E-state index in [1.165, 1.54) is 4.68 Å². The Morgan fingerprint density at radius 3 is 2.75 bits per heavy atom. The van der Waals surface area contributed by atoms with E-state index in [4.69, 9.17) is 0 Å². The van der Waals surface area contributed by atoms with Crippen molar-refractivity contribution >= 4 is 31.9 Å². The van der Waals surface area contributed by atoms with E-state index < -0.39 is 0 Å². The highest BCUT2D eigenvalue weighted by molar-refractivity contribution is 9.13. The fraction of sp³-hybridized carbons (Fsp3) is 0.222. The van der Waals surface area contributed by atoms with Crippen molar-refractivity contribution in [3.05, 3.63) is 43.7 Å². The van der Waals surface area contributed by atoms with Crippen molar-refractivity contribution in [1.82, 2.24) is 19.3 Å². The number of hydrogen-bond donors (Lipinski definition) is 0. The molecular weight excluding hydrogens is 340 g/mol. The minimum absolute atomic E-state index is 0.171.